The number of nitrogens with two attached hydrogens (primary N) is 1. The Balaban J connectivity index is 1.33. The van der Waals surface area contributed by atoms with E-state index in [9.17, 15) is 4.79 Å². The lowest BCUT2D eigenvalue weighted by Crippen LogP contribution is -2.42. The third-order valence-corrected chi connectivity index (χ3v) is 7.77. The van der Waals surface area contributed by atoms with Gasteiger partial charge in [0.05, 0.1) is 12.9 Å². The minimum absolute atomic E-state index is 0.205. The molecule has 1 amide bonds. The number of likely N-dealkylation sites (tertiary alicyclic amines) is 1. The van der Waals surface area contributed by atoms with Crippen molar-refractivity contribution in [3.05, 3.63) is 6.33 Å². The molecule has 192 valence electrons. The summed E-state index contributed by atoms with van der Waals surface area (Å²) in [6.07, 6.45) is 13.3. The molecular weight excluding hydrogens is 444 g/mol. The number of rotatable bonds is 7. The molecule has 0 unspecified atom stereocenters. The maximum absolute atomic E-state index is 12.2. The van der Waals surface area contributed by atoms with E-state index in [0.717, 1.165) is 61.9 Å². The number of amides is 1. The highest BCUT2D eigenvalue weighted by Gasteiger charge is 2.27. The average Bonchev–Trinajstić information content (AvgIpc) is 3.54. The lowest BCUT2D eigenvalue weighted by Gasteiger charge is -2.32. The maximum atomic E-state index is 12.2. The van der Waals surface area contributed by atoms with E-state index in [1.165, 1.54) is 25.7 Å². The molecule has 0 atom stereocenters. The van der Waals surface area contributed by atoms with Crippen LogP contribution in [0.25, 0.3) is 11.2 Å². The topological polar surface area (TPSA) is 123 Å². The second kappa shape index (κ2) is 11.0. The molecule has 0 aromatic carbocycles. The minimum atomic E-state index is -0.205. The van der Waals surface area contributed by atoms with Crippen LogP contribution < -0.4 is 16.4 Å². The Hall–Kier alpha value is -2.62. The van der Waals surface area contributed by atoms with E-state index in [1.807, 2.05) is 13.3 Å². The molecule has 2 aliphatic carbocycles. The number of nitrogens with zero attached hydrogens (tertiary/aromatic N) is 5. The molecule has 3 fully saturated rings. The van der Waals surface area contributed by atoms with Gasteiger partial charge in [-0.05, 0) is 57.8 Å². The monoisotopic (exact) mass is 484 g/mol. The summed E-state index contributed by atoms with van der Waals surface area (Å²) in [7, 11) is 0. The van der Waals surface area contributed by atoms with Crippen molar-refractivity contribution in [2.75, 3.05) is 30.3 Å². The lowest BCUT2D eigenvalue weighted by atomic mass is 9.92. The Kier molecular flexibility index (Phi) is 7.55. The van der Waals surface area contributed by atoms with Gasteiger partial charge in [0, 0.05) is 37.3 Å². The van der Waals surface area contributed by atoms with Gasteiger partial charge in [0.1, 0.15) is 0 Å². The number of nitrogens with one attached hydrogen (secondary N) is 2. The van der Waals surface area contributed by atoms with Crippen LogP contribution in [0, 0.1) is 0 Å². The van der Waals surface area contributed by atoms with E-state index >= 15 is 0 Å². The van der Waals surface area contributed by atoms with Gasteiger partial charge in [-0.15, -0.1) is 0 Å². The van der Waals surface area contributed by atoms with Crippen LogP contribution in [0.5, 0.6) is 0 Å². The van der Waals surface area contributed by atoms with E-state index < -0.39 is 0 Å². The second-order valence-electron chi connectivity index (χ2n) is 10.4. The van der Waals surface area contributed by atoms with Gasteiger partial charge >= 0.3 is 6.09 Å². The number of anilines is 2. The zero-order valence-electron chi connectivity index (χ0n) is 20.9. The highest BCUT2D eigenvalue weighted by Crippen LogP contribution is 2.34. The minimum Gasteiger partial charge on any atom is -0.449 e. The largest absolute Gasteiger partial charge is 0.449 e. The number of aromatic nitrogens is 4. The number of carbonyl (C=O) groups is 1. The molecule has 3 heterocycles. The van der Waals surface area contributed by atoms with Gasteiger partial charge in [-0.1, -0.05) is 19.8 Å². The summed E-state index contributed by atoms with van der Waals surface area (Å²) in [4.78, 5) is 28.6. The van der Waals surface area contributed by atoms with Crippen LogP contribution >= 0.6 is 0 Å². The van der Waals surface area contributed by atoms with E-state index in [-0.39, 0.29) is 12.1 Å². The first-order chi connectivity index (χ1) is 17.1. The summed E-state index contributed by atoms with van der Waals surface area (Å²) in [6, 6.07) is 1.34. The van der Waals surface area contributed by atoms with Crippen molar-refractivity contribution in [3.63, 3.8) is 0 Å². The number of ether oxygens (including phenoxy) is 1. The first kappa shape index (κ1) is 24.1. The molecule has 1 saturated heterocycles. The first-order valence-electron chi connectivity index (χ1n) is 13.6. The number of piperidine rings is 1. The summed E-state index contributed by atoms with van der Waals surface area (Å²) in [5, 5.41) is 7.24. The van der Waals surface area contributed by atoms with Crippen LogP contribution in [-0.2, 0) is 4.74 Å². The molecule has 0 spiro atoms. The number of hydrogen-bond acceptors (Lipinski definition) is 8. The average molecular weight is 485 g/mol. The Morgan fingerprint density at radius 3 is 2.46 bits per heavy atom. The molecule has 4 N–H and O–H groups in total. The van der Waals surface area contributed by atoms with Crippen LogP contribution in [0.3, 0.4) is 0 Å². The summed E-state index contributed by atoms with van der Waals surface area (Å²) >= 11 is 0. The summed E-state index contributed by atoms with van der Waals surface area (Å²) in [5.74, 6) is 1.45. The molecule has 10 nitrogen and oxygen atoms in total. The van der Waals surface area contributed by atoms with Gasteiger partial charge in [0.25, 0.3) is 0 Å². The molecule has 1 aliphatic heterocycles. The van der Waals surface area contributed by atoms with Crippen molar-refractivity contribution >= 4 is 29.0 Å². The fourth-order valence-electron chi connectivity index (χ4n) is 5.66. The third kappa shape index (κ3) is 5.63. The molecule has 5 rings (SSSR count). The Morgan fingerprint density at radius 1 is 1.03 bits per heavy atom. The Morgan fingerprint density at radius 2 is 1.74 bits per heavy atom. The second-order valence-corrected chi connectivity index (χ2v) is 10.4. The predicted octanol–water partition coefficient (Wildman–Crippen LogP) is 4.05. The maximum Gasteiger partial charge on any atom is 0.409 e. The van der Waals surface area contributed by atoms with E-state index in [4.69, 9.17) is 25.4 Å². The zero-order chi connectivity index (χ0) is 24.2. The molecule has 2 aromatic heterocycles. The van der Waals surface area contributed by atoms with Crippen molar-refractivity contribution in [1.29, 1.82) is 0 Å². The van der Waals surface area contributed by atoms with Gasteiger partial charge in [-0.3, -0.25) is 0 Å². The van der Waals surface area contributed by atoms with Crippen molar-refractivity contribution in [3.8, 4) is 0 Å². The van der Waals surface area contributed by atoms with Crippen molar-refractivity contribution < 1.29 is 9.53 Å². The lowest BCUT2D eigenvalue weighted by molar-refractivity contribution is 0.0939. The number of carbonyl (C=O) groups excluding carboxylic acids is 1. The van der Waals surface area contributed by atoms with Crippen molar-refractivity contribution in [1.82, 2.24) is 24.4 Å². The normalized spacial score (nSPS) is 24.1. The van der Waals surface area contributed by atoms with Gasteiger partial charge in [-0.25, -0.2) is 9.78 Å². The third-order valence-electron chi connectivity index (χ3n) is 7.77. The smallest absolute Gasteiger partial charge is 0.409 e. The van der Waals surface area contributed by atoms with E-state index in [1.54, 1.807) is 4.90 Å². The van der Waals surface area contributed by atoms with Crippen LogP contribution in [0.2, 0.25) is 0 Å². The van der Waals surface area contributed by atoms with Gasteiger partial charge in [-0.2, -0.15) is 9.97 Å². The fourth-order valence-corrected chi connectivity index (χ4v) is 5.66. The molecule has 0 radical (unpaired) electrons. The molecule has 2 aromatic rings. The van der Waals surface area contributed by atoms with Crippen LogP contribution in [0.15, 0.2) is 6.33 Å². The van der Waals surface area contributed by atoms with Gasteiger partial charge < -0.3 is 30.6 Å². The number of imidazole rings is 1. The molecule has 3 aliphatic rings. The first-order valence-corrected chi connectivity index (χ1v) is 13.6. The van der Waals surface area contributed by atoms with Gasteiger partial charge in [0.2, 0.25) is 5.95 Å². The van der Waals surface area contributed by atoms with Crippen LogP contribution in [0.1, 0.15) is 83.6 Å². The Bertz CT molecular complexity index is 989. The summed E-state index contributed by atoms with van der Waals surface area (Å²) < 4.78 is 7.56. The molecule has 10 heteroatoms. The molecule has 35 heavy (non-hydrogen) atoms. The van der Waals surface area contributed by atoms with Crippen molar-refractivity contribution in [2.45, 2.75) is 102 Å². The molecule has 2 saturated carbocycles. The van der Waals surface area contributed by atoms with E-state index in [2.05, 4.69) is 15.2 Å². The predicted molar refractivity (Wildman–Crippen MR) is 137 cm³/mol. The number of hydrogen-bond donors (Lipinski definition) is 3. The Labute approximate surface area is 207 Å². The SMILES string of the molecule is CCCOC(=O)N1CCC(Nc2nc(N[C@H]3CC[C@H](N)CC3)nc3c2ncn3C2CCCC2)CC1. The summed E-state index contributed by atoms with van der Waals surface area (Å²) in [5.41, 5.74) is 7.85. The van der Waals surface area contributed by atoms with E-state index in [0.29, 0.717) is 43.8 Å². The molecule has 0 bridgehead atoms. The quantitative estimate of drug-likeness (QED) is 0.538. The highest BCUT2D eigenvalue weighted by atomic mass is 16.6. The fraction of sp³-hybridized carbons (Fsp3) is 0.760. The highest BCUT2D eigenvalue weighted by molar-refractivity contribution is 5.84. The molecular formula is C25H40N8O2. The standard InChI is InChI=1S/C25H40N8O2/c1-2-15-35-25(34)32-13-11-19(12-14-32)28-22-21-23(33(16-27-21)20-5-3-4-6-20)31-24(30-22)29-18-9-7-17(26)8-10-18/h16-20H,2-15,26H2,1H3,(H2,28,29,30,31)/t17-,18-. The van der Waals surface area contributed by atoms with Crippen molar-refractivity contribution in [2.24, 2.45) is 5.73 Å². The number of fused-ring (bicyclic) bond motifs is 1. The van der Waals surface area contributed by atoms with Crippen LogP contribution in [0.4, 0.5) is 16.6 Å². The van der Waals surface area contributed by atoms with Gasteiger partial charge in [0.15, 0.2) is 17.0 Å². The van der Waals surface area contributed by atoms with Crippen LogP contribution in [-0.4, -0.2) is 68.3 Å². The summed E-state index contributed by atoms with van der Waals surface area (Å²) in [6.45, 7) is 3.84. The zero-order valence-corrected chi connectivity index (χ0v) is 20.9.